The predicted molar refractivity (Wildman–Crippen MR) is 37.2 cm³/mol. The number of ketones is 1. The number of Topliss-reactive ketones (excluding diaryl/α,β-unsaturated/α-hetero) is 1. The van der Waals surface area contributed by atoms with Crippen molar-refractivity contribution in [3.05, 3.63) is 12.2 Å². The molecule has 0 N–H and O–H groups in total. The van der Waals surface area contributed by atoms with E-state index >= 15 is 0 Å². The first-order valence-electron chi connectivity index (χ1n) is 3.43. The van der Waals surface area contributed by atoms with Crippen molar-refractivity contribution in [1.29, 1.82) is 0 Å². The largest absolute Gasteiger partial charge is 0.300 e. The van der Waals surface area contributed by atoms with Gasteiger partial charge in [-0.2, -0.15) is 0 Å². The van der Waals surface area contributed by atoms with Crippen LogP contribution < -0.4 is 0 Å². The van der Waals surface area contributed by atoms with Gasteiger partial charge in [0, 0.05) is 6.42 Å². The fourth-order valence-corrected chi connectivity index (χ4v) is 1.25. The van der Waals surface area contributed by atoms with E-state index in [2.05, 4.69) is 12.2 Å². The third-order valence-corrected chi connectivity index (χ3v) is 1.68. The van der Waals surface area contributed by atoms with Crippen LogP contribution in [0.5, 0.6) is 0 Å². The van der Waals surface area contributed by atoms with Gasteiger partial charge in [-0.05, 0) is 25.7 Å². The average Bonchev–Trinajstić information content (AvgIpc) is 2.15. The Balaban J connectivity index is 2.22. The molecule has 1 heteroatoms. The van der Waals surface area contributed by atoms with Crippen molar-refractivity contribution >= 4 is 5.78 Å². The summed E-state index contributed by atoms with van der Waals surface area (Å²) in [6.45, 7) is 1.66. The van der Waals surface area contributed by atoms with Crippen molar-refractivity contribution in [3.8, 4) is 0 Å². The topological polar surface area (TPSA) is 17.1 Å². The summed E-state index contributed by atoms with van der Waals surface area (Å²) in [7, 11) is 0. The van der Waals surface area contributed by atoms with Gasteiger partial charge in [0.25, 0.3) is 0 Å². The summed E-state index contributed by atoms with van der Waals surface area (Å²) in [5, 5.41) is 0. The minimum absolute atomic E-state index is 0.323. The van der Waals surface area contributed by atoms with Gasteiger partial charge in [-0.15, -0.1) is 0 Å². The summed E-state index contributed by atoms with van der Waals surface area (Å²) in [6, 6.07) is 0. The fourth-order valence-electron chi connectivity index (χ4n) is 1.25. The Morgan fingerprint density at radius 1 is 1.56 bits per heavy atom. The minimum Gasteiger partial charge on any atom is -0.300 e. The van der Waals surface area contributed by atoms with Gasteiger partial charge in [-0.1, -0.05) is 12.2 Å². The van der Waals surface area contributed by atoms with Crippen molar-refractivity contribution in [2.75, 3.05) is 0 Å². The Bertz CT molecular complexity index is 128. The van der Waals surface area contributed by atoms with Crippen LogP contribution in [-0.4, -0.2) is 5.78 Å². The summed E-state index contributed by atoms with van der Waals surface area (Å²) >= 11 is 0. The first-order valence-corrected chi connectivity index (χ1v) is 3.43. The summed E-state index contributed by atoms with van der Waals surface area (Å²) in [4.78, 5) is 10.6. The van der Waals surface area contributed by atoms with Gasteiger partial charge in [-0.3, -0.25) is 0 Å². The molecule has 0 heterocycles. The molecule has 0 aromatic heterocycles. The van der Waals surface area contributed by atoms with Gasteiger partial charge >= 0.3 is 0 Å². The summed E-state index contributed by atoms with van der Waals surface area (Å²) in [6.07, 6.45) is 7.31. The van der Waals surface area contributed by atoms with Crippen LogP contribution in [0.4, 0.5) is 0 Å². The molecule has 0 bridgehead atoms. The zero-order valence-corrected chi connectivity index (χ0v) is 5.76. The Kier molecular flexibility index (Phi) is 2.04. The lowest BCUT2D eigenvalue weighted by Gasteiger charge is -2.03. The van der Waals surface area contributed by atoms with Gasteiger partial charge in [-0.25, -0.2) is 0 Å². The fraction of sp³-hybridized carbons (Fsp3) is 0.625. The third-order valence-electron chi connectivity index (χ3n) is 1.68. The predicted octanol–water partition coefficient (Wildman–Crippen LogP) is 1.93. The molecule has 0 saturated heterocycles. The molecule has 0 radical (unpaired) electrons. The number of carbonyl (C=O) groups excluding carboxylic acids is 1. The third kappa shape index (κ3) is 2.00. The molecule has 0 spiro atoms. The van der Waals surface area contributed by atoms with Crippen LogP contribution in [0.15, 0.2) is 12.2 Å². The summed E-state index contributed by atoms with van der Waals surface area (Å²) in [5.41, 5.74) is 0. The first-order chi connectivity index (χ1) is 4.29. The SMILES string of the molecule is CC(=O)CC1CC=CC1. The van der Waals surface area contributed by atoms with E-state index in [1.165, 1.54) is 0 Å². The van der Waals surface area contributed by atoms with Crippen LogP contribution in [0.2, 0.25) is 0 Å². The average molecular weight is 124 g/mol. The Morgan fingerprint density at radius 3 is 2.56 bits per heavy atom. The minimum atomic E-state index is 0.323. The molecule has 50 valence electrons. The van der Waals surface area contributed by atoms with Gasteiger partial charge in [0.15, 0.2) is 0 Å². The van der Waals surface area contributed by atoms with E-state index in [1.54, 1.807) is 6.92 Å². The van der Waals surface area contributed by atoms with Crippen molar-refractivity contribution < 1.29 is 4.79 Å². The highest BCUT2D eigenvalue weighted by atomic mass is 16.1. The molecule has 9 heavy (non-hydrogen) atoms. The summed E-state index contributed by atoms with van der Waals surface area (Å²) < 4.78 is 0. The highest BCUT2D eigenvalue weighted by Gasteiger charge is 2.11. The van der Waals surface area contributed by atoms with Crippen LogP contribution in [0.1, 0.15) is 26.2 Å². The van der Waals surface area contributed by atoms with Crippen LogP contribution >= 0.6 is 0 Å². The van der Waals surface area contributed by atoms with Crippen molar-refractivity contribution in [2.45, 2.75) is 26.2 Å². The molecule has 1 rings (SSSR count). The van der Waals surface area contributed by atoms with Gasteiger partial charge in [0.1, 0.15) is 5.78 Å². The molecule has 1 aliphatic rings. The molecular formula is C8H12O. The van der Waals surface area contributed by atoms with E-state index in [1.807, 2.05) is 0 Å². The van der Waals surface area contributed by atoms with Gasteiger partial charge in [0.05, 0.1) is 0 Å². The maximum Gasteiger partial charge on any atom is 0.130 e. The molecule has 0 atom stereocenters. The maximum absolute atomic E-state index is 10.6. The normalized spacial score (nSPS) is 18.8. The quantitative estimate of drug-likeness (QED) is 0.514. The lowest BCUT2D eigenvalue weighted by Crippen LogP contribution is -2.00. The standard InChI is InChI=1S/C8H12O/c1-7(9)6-8-4-2-3-5-8/h2-3,8H,4-6H2,1H3. The van der Waals surface area contributed by atoms with Crippen LogP contribution in [0.3, 0.4) is 0 Å². The zero-order valence-electron chi connectivity index (χ0n) is 5.76. The highest BCUT2D eigenvalue weighted by molar-refractivity contribution is 5.75. The second kappa shape index (κ2) is 2.81. The van der Waals surface area contributed by atoms with E-state index in [-0.39, 0.29) is 0 Å². The molecule has 1 nitrogen and oxygen atoms in total. The van der Waals surface area contributed by atoms with Crippen molar-refractivity contribution in [1.82, 2.24) is 0 Å². The highest BCUT2D eigenvalue weighted by Crippen LogP contribution is 2.20. The van der Waals surface area contributed by atoms with E-state index in [4.69, 9.17) is 0 Å². The Hall–Kier alpha value is -0.590. The van der Waals surface area contributed by atoms with E-state index < -0.39 is 0 Å². The van der Waals surface area contributed by atoms with Gasteiger partial charge in [0.2, 0.25) is 0 Å². The first kappa shape index (κ1) is 6.53. The van der Waals surface area contributed by atoms with Crippen molar-refractivity contribution in [2.24, 2.45) is 5.92 Å². The van der Waals surface area contributed by atoms with Crippen molar-refractivity contribution in [3.63, 3.8) is 0 Å². The molecule has 0 unspecified atom stereocenters. The lowest BCUT2D eigenvalue weighted by molar-refractivity contribution is -0.117. The van der Waals surface area contributed by atoms with Gasteiger partial charge < -0.3 is 4.79 Å². The molecule has 0 aliphatic heterocycles. The second-order valence-corrected chi connectivity index (χ2v) is 2.71. The number of hydrogen-bond acceptors (Lipinski definition) is 1. The Morgan fingerprint density at radius 2 is 2.11 bits per heavy atom. The Labute approximate surface area is 55.8 Å². The van der Waals surface area contributed by atoms with Crippen LogP contribution in [0, 0.1) is 5.92 Å². The number of carbonyl (C=O) groups is 1. The smallest absolute Gasteiger partial charge is 0.130 e. The molecule has 0 amide bonds. The summed E-state index contributed by atoms with van der Waals surface area (Å²) in [5.74, 6) is 0.950. The van der Waals surface area contributed by atoms with Crippen LogP contribution in [0.25, 0.3) is 0 Å². The van der Waals surface area contributed by atoms with E-state index in [9.17, 15) is 4.79 Å². The lowest BCUT2D eigenvalue weighted by atomic mass is 10.0. The van der Waals surface area contributed by atoms with E-state index in [0.29, 0.717) is 11.7 Å². The molecule has 1 aliphatic carbocycles. The molecular weight excluding hydrogens is 112 g/mol. The molecule has 0 fully saturated rings. The molecule has 0 saturated carbocycles. The number of allylic oxidation sites excluding steroid dienone is 2. The molecule has 0 aromatic rings. The zero-order chi connectivity index (χ0) is 6.69. The molecule has 0 aromatic carbocycles. The van der Waals surface area contributed by atoms with E-state index in [0.717, 1.165) is 19.3 Å². The number of rotatable bonds is 2. The number of hydrogen-bond donors (Lipinski definition) is 0. The monoisotopic (exact) mass is 124 g/mol. The maximum atomic E-state index is 10.6. The van der Waals surface area contributed by atoms with Crippen LogP contribution in [-0.2, 0) is 4.79 Å². The second-order valence-electron chi connectivity index (χ2n) is 2.71.